The van der Waals surface area contributed by atoms with Gasteiger partial charge in [0.15, 0.2) is 0 Å². The summed E-state index contributed by atoms with van der Waals surface area (Å²) in [4.78, 5) is 14.1. The summed E-state index contributed by atoms with van der Waals surface area (Å²) in [6, 6.07) is 7.12. The number of ether oxygens (including phenoxy) is 1. The number of nitrogens with zero attached hydrogens (tertiary/aromatic N) is 1. The van der Waals surface area contributed by atoms with Crippen LogP contribution in [0.3, 0.4) is 0 Å². The van der Waals surface area contributed by atoms with Gasteiger partial charge in [-0.2, -0.15) is 0 Å². The molecule has 0 aromatic heterocycles. The summed E-state index contributed by atoms with van der Waals surface area (Å²) >= 11 is 0. The molecule has 5 nitrogen and oxygen atoms in total. The van der Waals surface area contributed by atoms with Crippen LogP contribution in [0.15, 0.2) is 24.3 Å². The molecule has 0 saturated carbocycles. The van der Waals surface area contributed by atoms with Crippen molar-refractivity contribution in [1.29, 1.82) is 0 Å². The lowest BCUT2D eigenvalue weighted by Crippen LogP contribution is -2.48. The summed E-state index contributed by atoms with van der Waals surface area (Å²) < 4.78 is 5.06. The highest BCUT2D eigenvalue weighted by atomic mass is 16.5. The first-order valence-electron chi connectivity index (χ1n) is 6.15. The van der Waals surface area contributed by atoms with E-state index in [0.717, 1.165) is 31.9 Å². The minimum absolute atomic E-state index is 0.0452. The van der Waals surface area contributed by atoms with E-state index in [1.165, 1.54) is 0 Å². The molecule has 0 bridgehead atoms. The molecule has 0 unspecified atom stereocenters. The fraction of sp³-hybridized carbons (Fsp3) is 0.462. The molecular formula is C13H19N3O2. The first kappa shape index (κ1) is 12.9. The van der Waals surface area contributed by atoms with Gasteiger partial charge in [0.2, 0.25) is 0 Å². The lowest BCUT2D eigenvalue weighted by Gasteiger charge is -2.27. The summed E-state index contributed by atoms with van der Waals surface area (Å²) in [6.45, 7) is 4.52. The second-order valence-corrected chi connectivity index (χ2v) is 4.26. The van der Waals surface area contributed by atoms with Crippen LogP contribution in [-0.4, -0.2) is 50.8 Å². The highest BCUT2D eigenvalue weighted by Gasteiger charge is 2.11. The molecule has 1 aromatic carbocycles. The quantitative estimate of drug-likeness (QED) is 0.805. The molecule has 1 amide bonds. The highest BCUT2D eigenvalue weighted by molar-refractivity contribution is 5.94. The molecule has 0 atom stereocenters. The normalized spacial score (nSPS) is 16.3. The molecule has 1 aliphatic heterocycles. The number of rotatable bonds is 4. The van der Waals surface area contributed by atoms with Crippen LogP contribution < -0.4 is 15.4 Å². The van der Waals surface area contributed by atoms with Gasteiger partial charge < -0.3 is 15.4 Å². The zero-order valence-corrected chi connectivity index (χ0v) is 10.6. The van der Waals surface area contributed by atoms with Gasteiger partial charge in [-0.25, -0.2) is 0 Å². The van der Waals surface area contributed by atoms with E-state index in [1.807, 2.05) is 0 Å². The monoisotopic (exact) mass is 249 g/mol. The second kappa shape index (κ2) is 6.37. The molecule has 2 N–H and O–H groups in total. The minimum atomic E-state index is -0.0452. The number of nitrogens with one attached hydrogen (secondary N) is 2. The topological polar surface area (TPSA) is 53.6 Å². The average Bonchev–Trinajstić information content (AvgIpc) is 2.46. The van der Waals surface area contributed by atoms with Gasteiger partial charge in [-0.15, -0.1) is 0 Å². The molecule has 1 saturated heterocycles. The first-order chi connectivity index (χ1) is 8.79. The van der Waals surface area contributed by atoms with Crippen LogP contribution in [0.25, 0.3) is 0 Å². The zero-order valence-electron chi connectivity index (χ0n) is 10.6. The molecule has 0 spiro atoms. The van der Waals surface area contributed by atoms with Gasteiger partial charge in [0.1, 0.15) is 5.75 Å². The number of amides is 1. The van der Waals surface area contributed by atoms with Crippen molar-refractivity contribution in [3.63, 3.8) is 0 Å². The number of hydrogen-bond acceptors (Lipinski definition) is 4. The summed E-state index contributed by atoms with van der Waals surface area (Å²) in [5.74, 6) is 0.713. The predicted molar refractivity (Wildman–Crippen MR) is 69.8 cm³/mol. The van der Waals surface area contributed by atoms with Crippen molar-refractivity contribution in [3.05, 3.63) is 29.8 Å². The predicted octanol–water partition coefficient (Wildman–Crippen LogP) is 0.288. The van der Waals surface area contributed by atoms with Crippen LogP contribution in [0.2, 0.25) is 0 Å². The second-order valence-electron chi connectivity index (χ2n) is 4.26. The lowest BCUT2D eigenvalue weighted by molar-refractivity contribution is 0.0917. The summed E-state index contributed by atoms with van der Waals surface area (Å²) in [7, 11) is 1.61. The third-order valence-corrected chi connectivity index (χ3v) is 3.03. The SMILES string of the molecule is COc1ccc(C(=O)NCN2CCNCC2)cc1. The summed E-state index contributed by atoms with van der Waals surface area (Å²) in [5.41, 5.74) is 0.658. The van der Waals surface area contributed by atoms with E-state index >= 15 is 0 Å². The first-order valence-corrected chi connectivity index (χ1v) is 6.15. The van der Waals surface area contributed by atoms with E-state index in [1.54, 1.807) is 31.4 Å². The number of methoxy groups -OCH3 is 1. The lowest BCUT2D eigenvalue weighted by atomic mass is 10.2. The molecule has 1 aromatic rings. The maximum absolute atomic E-state index is 11.9. The van der Waals surface area contributed by atoms with Gasteiger partial charge in [0.05, 0.1) is 13.8 Å². The maximum Gasteiger partial charge on any atom is 0.252 e. The van der Waals surface area contributed by atoms with Gasteiger partial charge >= 0.3 is 0 Å². The Morgan fingerprint density at radius 1 is 1.33 bits per heavy atom. The van der Waals surface area contributed by atoms with E-state index < -0.39 is 0 Å². The van der Waals surface area contributed by atoms with Gasteiger partial charge in [-0.3, -0.25) is 9.69 Å². The molecule has 18 heavy (non-hydrogen) atoms. The molecule has 1 fully saturated rings. The van der Waals surface area contributed by atoms with Crippen molar-refractivity contribution in [2.75, 3.05) is 40.0 Å². The van der Waals surface area contributed by atoms with E-state index in [4.69, 9.17) is 4.74 Å². The molecule has 1 heterocycles. The Kier molecular flexibility index (Phi) is 4.55. The Morgan fingerprint density at radius 3 is 2.61 bits per heavy atom. The van der Waals surface area contributed by atoms with Gasteiger partial charge in [0.25, 0.3) is 5.91 Å². The summed E-state index contributed by atoms with van der Waals surface area (Å²) in [5, 5.41) is 6.20. The van der Waals surface area contributed by atoms with Gasteiger partial charge in [-0.05, 0) is 24.3 Å². The molecule has 5 heteroatoms. The number of hydrogen-bond donors (Lipinski definition) is 2. The van der Waals surface area contributed by atoms with Crippen molar-refractivity contribution in [2.45, 2.75) is 0 Å². The van der Waals surface area contributed by atoms with Crippen LogP contribution in [0.5, 0.6) is 5.75 Å². The largest absolute Gasteiger partial charge is 0.497 e. The van der Waals surface area contributed by atoms with E-state index in [-0.39, 0.29) is 5.91 Å². The van der Waals surface area contributed by atoms with Gasteiger partial charge in [-0.1, -0.05) is 0 Å². The third kappa shape index (κ3) is 3.45. The number of benzene rings is 1. The van der Waals surface area contributed by atoms with Crippen molar-refractivity contribution in [3.8, 4) is 5.75 Å². The van der Waals surface area contributed by atoms with Crippen molar-refractivity contribution in [1.82, 2.24) is 15.5 Å². The Balaban J connectivity index is 1.82. The van der Waals surface area contributed by atoms with Crippen molar-refractivity contribution >= 4 is 5.91 Å². The van der Waals surface area contributed by atoms with Crippen LogP contribution in [0, 0.1) is 0 Å². The highest BCUT2D eigenvalue weighted by Crippen LogP contribution is 2.10. The van der Waals surface area contributed by atoms with E-state index in [9.17, 15) is 4.79 Å². The Labute approximate surface area is 107 Å². The third-order valence-electron chi connectivity index (χ3n) is 3.03. The maximum atomic E-state index is 11.9. The molecule has 98 valence electrons. The standard InChI is InChI=1S/C13H19N3O2/c1-18-12-4-2-11(3-5-12)13(17)15-10-16-8-6-14-7-9-16/h2-5,14H,6-10H2,1H3,(H,15,17). The molecule has 0 radical (unpaired) electrons. The average molecular weight is 249 g/mol. The number of carbonyl (C=O) groups excluding carboxylic acids is 1. The Bertz CT molecular complexity index is 386. The van der Waals surface area contributed by atoms with Gasteiger partial charge in [0, 0.05) is 31.7 Å². The minimum Gasteiger partial charge on any atom is -0.497 e. The van der Waals surface area contributed by atoms with E-state index in [2.05, 4.69) is 15.5 Å². The van der Waals surface area contributed by atoms with Crippen LogP contribution in [-0.2, 0) is 0 Å². The van der Waals surface area contributed by atoms with Crippen molar-refractivity contribution in [2.24, 2.45) is 0 Å². The molecule has 1 aliphatic rings. The summed E-state index contributed by atoms with van der Waals surface area (Å²) in [6.07, 6.45) is 0. The number of piperazine rings is 1. The zero-order chi connectivity index (χ0) is 12.8. The van der Waals surface area contributed by atoms with Crippen LogP contribution in [0.4, 0.5) is 0 Å². The molecular weight excluding hydrogens is 230 g/mol. The Morgan fingerprint density at radius 2 is 2.00 bits per heavy atom. The van der Waals surface area contributed by atoms with Crippen LogP contribution >= 0.6 is 0 Å². The Hall–Kier alpha value is -1.59. The molecule has 2 rings (SSSR count). The molecule has 0 aliphatic carbocycles. The fourth-order valence-corrected chi connectivity index (χ4v) is 1.90. The smallest absolute Gasteiger partial charge is 0.252 e. The van der Waals surface area contributed by atoms with Crippen molar-refractivity contribution < 1.29 is 9.53 Å². The number of carbonyl (C=O) groups is 1. The van der Waals surface area contributed by atoms with Crippen LogP contribution in [0.1, 0.15) is 10.4 Å². The van der Waals surface area contributed by atoms with E-state index in [0.29, 0.717) is 12.2 Å². The fourth-order valence-electron chi connectivity index (χ4n) is 1.90.